The van der Waals surface area contributed by atoms with Gasteiger partial charge in [0.2, 0.25) is 11.7 Å². The highest BCUT2D eigenvalue weighted by molar-refractivity contribution is 6.04. The minimum Gasteiger partial charge on any atom is -0.337 e. The van der Waals surface area contributed by atoms with Crippen molar-refractivity contribution in [2.45, 2.75) is 25.8 Å². The van der Waals surface area contributed by atoms with Crippen LogP contribution in [0.2, 0.25) is 0 Å². The lowest BCUT2D eigenvalue weighted by Crippen LogP contribution is -2.56. The molecule has 3 aromatic heterocycles. The minimum absolute atomic E-state index is 0.271. The van der Waals surface area contributed by atoms with E-state index in [1.807, 2.05) is 37.3 Å². The van der Waals surface area contributed by atoms with Gasteiger partial charge in [0.1, 0.15) is 11.3 Å². The predicted octanol–water partition coefficient (Wildman–Crippen LogP) is 3.96. The number of imidazole rings is 1. The zero-order valence-electron chi connectivity index (χ0n) is 17.4. The van der Waals surface area contributed by atoms with Gasteiger partial charge in [0.15, 0.2) is 0 Å². The standard InChI is InChI=1S/C22H20F2N6O2/c1-13-6-7-15(19-27-21(32-28-19)14(2)29-11-22(23,24)12-29)9-16(13)26-20(31)17-10-25-18-5-3-4-8-30(17)18/h3-10,14H,11-12H2,1-2H3,(H,26,31)/t14-/m0/s1. The number of nitrogens with zero attached hydrogens (tertiary/aromatic N) is 5. The molecule has 1 fully saturated rings. The summed E-state index contributed by atoms with van der Waals surface area (Å²) in [5.74, 6) is -2.37. The Labute approximate surface area is 181 Å². The minimum atomic E-state index is -2.66. The number of benzene rings is 1. The fourth-order valence-corrected chi connectivity index (χ4v) is 3.68. The number of hydrogen-bond donors (Lipinski definition) is 1. The van der Waals surface area contributed by atoms with Crippen molar-refractivity contribution in [1.29, 1.82) is 0 Å². The van der Waals surface area contributed by atoms with E-state index in [4.69, 9.17) is 4.52 Å². The second-order valence-corrected chi connectivity index (χ2v) is 7.95. The Morgan fingerprint density at radius 3 is 2.84 bits per heavy atom. The van der Waals surface area contributed by atoms with Crippen molar-refractivity contribution >= 4 is 17.2 Å². The number of pyridine rings is 1. The van der Waals surface area contributed by atoms with Gasteiger partial charge in [-0.2, -0.15) is 4.98 Å². The van der Waals surface area contributed by atoms with Gasteiger partial charge in [-0.1, -0.05) is 23.4 Å². The van der Waals surface area contributed by atoms with Gasteiger partial charge in [0.25, 0.3) is 11.8 Å². The van der Waals surface area contributed by atoms with Gasteiger partial charge in [-0.25, -0.2) is 13.8 Å². The number of fused-ring (bicyclic) bond motifs is 1. The van der Waals surface area contributed by atoms with E-state index in [-0.39, 0.29) is 24.9 Å². The molecule has 8 nitrogen and oxygen atoms in total. The fourth-order valence-electron chi connectivity index (χ4n) is 3.68. The molecule has 4 heterocycles. The van der Waals surface area contributed by atoms with Gasteiger partial charge in [-0.15, -0.1) is 0 Å². The van der Waals surface area contributed by atoms with Crippen LogP contribution in [0.5, 0.6) is 0 Å². The Bertz CT molecular complexity index is 1310. The first-order chi connectivity index (χ1) is 15.3. The lowest BCUT2D eigenvalue weighted by atomic mass is 10.1. The fraction of sp³-hybridized carbons (Fsp3) is 0.273. The third-order valence-electron chi connectivity index (χ3n) is 5.61. The quantitative estimate of drug-likeness (QED) is 0.508. The second-order valence-electron chi connectivity index (χ2n) is 7.95. The number of carbonyl (C=O) groups excluding carboxylic acids is 1. The molecular weight excluding hydrogens is 418 g/mol. The molecule has 1 aromatic carbocycles. The van der Waals surface area contributed by atoms with Crippen molar-refractivity contribution in [1.82, 2.24) is 24.4 Å². The van der Waals surface area contributed by atoms with Crippen LogP contribution in [0.3, 0.4) is 0 Å². The molecule has 0 radical (unpaired) electrons. The molecule has 0 saturated carbocycles. The Hall–Kier alpha value is -3.66. The number of hydrogen-bond acceptors (Lipinski definition) is 6. The number of nitrogens with one attached hydrogen (secondary N) is 1. The Morgan fingerprint density at radius 1 is 1.25 bits per heavy atom. The maximum absolute atomic E-state index is 13.2. The first kappa shape index (κ1) is 20.3. The van der Waals surface area contributed by atoms with Crippen molar-refractivity contribution < 1.29 is 18.1 Å². The number of halogens is 2. The number of amides is 1. The number of rotatable bonds is 5. The number of carbonyl (C=O) groups is 1. The van der Waals surface area contributed by atoms with Crippen molar-refractivity contribution in [2.24, 2.45) is 0 Å². The van der Waals surface area contributed by atoms with E-state index in [2.05, 4.69) is 20.4 Å². The molecule has 1 N–H and O–H groups in total. The summed E-state index contributed by atoms with van der Waals surface area (Å²) in [6.07, 6.45) is 3.30. The van der Waals surface area contributed by atoms with Crippen molar-refractivity contribution in [3.8, 4) is 11.4 Å². The Kier molecular flexibility index (Phi) is 4.74. The smallest absolute Gasteiger partial charge is 0.274 e. The van der Waals surface area contributed by atoms with E-state index >= 15 is 0 Å². The van der Waals surface area contributed by atoms with E-state index in [1.165, 1.54) is 6.20 Å². The third-order valence-corrected chi connectivity index (χ3v) is 5.61. The Balaban J connectivity index is 1.36. The van der Waals surface area contributed by atoms with E-state index in [0.29, 0.717) is 28.4 Å². The zero-order chi connectivity index (χ0) is 22.5. The van der Waals surface area contributed by atoms with Gasteiger partial charge in [0, 0.05) is 17.4 Å². The summed E-state index contributed by atoms with van der Waals surface area (Å²) < 4.78 is 33.3. The van der Waals surface area contributed by atoms with Crippen LogP contribution < -0.4 is 5.32 Å². The summed E-state index contributed by atoms with van der Waals surface area (Å²) in [7, 11) is 0. The molecule has 1 aliphatic heterocycles. The first-order valence-electron chi connectivity index (χ1n) is 10.1. The van der Waals surface area contributed by atoms with Gasteiger partial charge in [-0.3, -0.25) is 14.1 Å². The molecule has 1 saturated heterocycles. The maximum Gasteiger partial charge on any atom is 0.274 e. The molecule has 1 amide bonds. The van der Waals surface area contributed by atoms with Crippen molar-refractivity contribution in [3.63, 3.8) is 0 Å². The number of aryl methyl sites for hydroxylation is 1. The molecule has 1 aliphatic rings. The van der Waals surface area contributed by atoms with E-state index in [9.17, 15) is 13.6 Å². The number of anilines is 1. The highest BCUT2D eigenvalue weighted by Gasteiger charge is 2.47. The van der Waals surface area contributed by atoms with Crippen LogP contribution in [-0.2, 0) is 0 Å². The van der Waals surface area contributed by atoms with Crippen molar-refractivity contribution in [3.05, 3.63) is 65.9 Å². The molecule has 164 valence electrons. The lowest BCUT2D eigenvalue weighted by molar-refractivity contribution is -0.147. The van der Waals surface area contributed by atoms with Gasteiger partial charge in [-0.05, 0) is 37.6 Å². The molecule has 32 heavy (non-hydrogen) atoms. The van der Waals surface area contributed by atoms with Gasteiger partial charge in [0.05, 0.1) is 25.3 Å². The second kappa shape index (κ2) is 7.49. The number of aromatic nitrogens is 4. The first-order valence-corrected chi connectivity index (χ1v) is 10.1. The molecule has 0 spiro atoms. The van der Waals surface area contributed by atoms with Crippen molar-refractivity contribution in [2.75, 3.05) is 18.4 Å². The zero-order valence-corrected chi connectivity index (χ0v) is 17.4. The topological polar surface area (TPSA) is 88.6 Å². The SMILES string of the molecule is Cc1ccc(-c2noc([C@H](C)N3CC(F)(F)C3)n2)cc1NC(=O)c1cnc2ccccn12. The predicted molar refractivity (Wildman–Crippen MR) is 113 cm³/mol. The molecule has 0 unspecified atom stereocenters. The average Bonchev–Trinajstić information content (AvgIpc) is 3.40. The molecule has 4 aromatic rings. The summed E-state index contributed by atoms with van der Waals surface area (Å²) >= 11 is 0. The van der Waals surface area contributed by atoms with Gasteiger partial charge >= 0.3 is 0 Å². The van der Waals surface area contributed by atoms with Crippen LogP contribution in [0.15, 0.2) is 53.3 Å². The largest absolute Gasteiger partial charge is 0.337 e. The summed E-state index contributed by atoms with van der Waals surface area (Å²) in [4.78, 5) is 23.1. The summed E-state index contributed by atoms with van der Waals surface area (Å²) in [5.41, 5.74) is 3.18. The molecule has 0 bridgehead atoms. The van der Waals surface area contributed by atoms with Crippen LogP contribution in [0, 0.1) is 6.92 Å². The molecule has 1 atom stereocenters. The van der Waals surface area contributed by atoms with Crippen LogP contribution >= 0.6 is 0 Å². The normalized spacial score (nSPS) is 16.6. The lowest BCUT2D eigenvalue weighted by Gasteiger charge is -2.41. The van der Waals surface area contributed by atoms with E-state index < -0.39 is 12.0 Å². The molecule has 10 heteroatoms. The highest BCUT2D eigenvalue weighted by atomic mass is 19.3. The highest BCUT2D eigenvalue weighted by Crippen LogP contribution is 2.34. The summed E-state index contributed by atoms with van der Waals surface area (Å²) in [5, 5.41) is 6.91. The summed E-state index contributed by atoms with van der Waals surface area (Å²) in [6, 6.07) is 10.5. The molecule has 0 aliphatic carbocycles. The number of alkyl halides is 2. The maximum atomic E-state index is 13.2. The Morgan fingerprint density at radius 2 is 2.06 bits per heavy atom. The molecular formula is C22H20F2N6O2. The number of likely N-dealkylation sites (tertiary alicyclic amines) is 1. The van der Waals surface area contributed by atoms with Gasteiger partial charge < -0.3 is 9.84 Å². The van der Waals surface area contributed by atoms with Crippen LogP contribution in [0.4, 0.5) is 14.5 Å². The monoisotopic (exact) mass is 438 g/mol. The van der Waals surface area contributed by atoms with Crippen LogP contribution in [0.25, 0.3) is 17.0 Å². The third kappa shape index (κ3) is 3.62. The van der Waals surface area contributed by atoms with E-state index in [0.717, 1.165) is 5.56 Å². The summed E-state index contributed by atoms with van der Waals surface area (Å²) in [6.45, 7) is 2.98. The van der Waals surface area contributed by atoms with Crippen LogP contribution in [0.1, 0.15) is 34.9 Å². The molecule has 5 rings (SSSR count). The van der Waals surface area contributed by atoms with E-state index in [1.54, 1.807) is 28.5 Å². The van der Waals surface area contributed by atoms with Crippen LogP contribution in [-0.4, -0.2) is 49.3 Å². The average molecular weight is 438 g/mol.